The third-order valence-corrected chi connectivity index (χ3v) is 7.07. The van der Waals surface area contributed by atoms with Crippen LogP contribution in [0.2, 0.25) is 5.54 Å². The molecule has 0 aromatic heterocycles. The van der Waals surface area contributed by atoms with Crippen LogP contribution in [-0.2, 0) is 8.85 Å². The van der Waals surface area contributed by atoms with Gasteiger partial charge in [-0.25, -0.2) is 0 Å². The molecule has 96 valence electrons. The van der Waals surface area contributed by atoms with Crippen molar-refractivity contribution in [3.8, 4) is 0 Å². The first-order valence-electron chi connectivity index (χ1n) is 6.73. The Kier molecular flexibility index (Phi) is 5.48. The second kappa shape index (κ2) is 6.17. The molecule has 0 N–H and O–H groups in total. The van der Waals surface area contributed by atoms with Crippen molar-refractivity contribution >= 4 is 9.28 Å². The zero-order valence-corrected chi connectivity index (χ0v) is 12.7. The third kappa shape index (κ3) is 3.57. The van der Waals surface area contributed by atoms with Crippen LogP contribution >= 0.6 is 0 Å². The van der Waals surface area contributed by atoms with Gasteiger partial charge in [-0.2, -0.15) is 0 Å². The summed E-state index contributed by atoms with van der Waals surface area (Å²) in [4.78, 5) is 0. The summed E-state index contributed by atoms with van der Waals surface area (Å²) in [5.41, 5.74) is 0.993. The van der Waals surface area contributed by atoms with Crippen molar-refractivity contribution in [3.05, 3.63) is 0 Å². The molecule has 1 rings (SSSR count). The van der Waals surface area contributed by atoms with E-state index in [1.807, 2.05) is 0 Å². The summed E-state index contributed by atoms with van der Waals surface area (Å²) in [6, 6.07) is 0. The first-order valence-corrected chi connectivity index (χ1v) is 8.34. The highest BCUT2D eigenvalue weighted by molar-refractivity contribution is 6.46. The summed E-state index contributed by atoms with van der Waals surface area (Å²) >= 11 is 0. The van der Waals surface area contributed by atoms with Gasteiger partial charge in [0.25, 0.3) is 0 Å². The zero-order chi connectivity index (χ0) is 12.2. The van der Waals surface area contributed by atoms with Gasteiger partial charge in [0.2, 0.25) is 0 Å². The molecule has 0 amide bonds. The van der Waals surface area contributed by atoms with Gasteiger partial charge in [-0.15, -0.1) is 0 Å². The topological polar surface area (TPSA) is 18.5 Å². The summed E-state index contributed by atoms with van der Waals surface area (Å²) in [5, 5.41) is 0. The van der Waals surface area contributed by atoms with Gasteiger partial charge in [0, 0.05) is 18.8 Å². The van der Waals surface area contributed by atoms with Gasteiger partial charge in [0.15, 0.2) is 0 Å². The van der Waals surface area contributed by atoms with Gasteiger partial charge in [-0.3, -0.25) is 0 Å². The standard InChI is InChI=1S/C13H28O2Si/c1-6-14-16(15-7-2)12(13(3,4)5)11-9-8-10-11/h11-12,16H,6-10H2,1-5H3. The van der Waals surface area contributed by atoms with Crippen molar-refractivity contribution in [3.63, 3.8) is 0 Å². The Hall–Kier alpha value is 0.137. The van der Waals surface area contributed by atoms with Gasteiger partial charge in [0.05, 0.1) is 0 Å². The van der Waals surface area contributed by atoms with Crippen molar-refractivity contribution < 1.29 is 8.85 Å². The molecule has 0 spiro atoms. The Labute approximate surface area is 103 Å². The highest BCUT2D eigenvalue weighted by Gasteiger charge is 2.43. The minimum atomic E-state index is -1.50. The number of hydrogen-bond acceptors (Lipinski definition) is 2. The molecule has 16 heavy (non-hydrogen) atoms. The van der Waals surface area contributed by atoms with E-state index >= 15 is 0 Å². The van der Waals surface area contributed by atoms with Crippen molar-refractivity contribution in [2.75, 3.05) is 13.2 Å². The monoisotopic (exact) mass is 244 g/mol. The van der Waals surface area contributed by atoms with Crippen LogP contribution in [0, 0.1) is 11.3 Å². The summed E-state index contributed by atoms with van der Waals surface area (Å²) in [5.74, 6) is 0.856. The molecule has 0 aliphatic heterocycles. The molecule has 0 radical (unpaired) electrons. The van der Waals surface area contributed by atoms with Crippen LogP contribution in [0.1, 0.15) is 53.9 Å². The fourth-order valence-electron chi connectivity index (χ4n) is 2.72. The quantitative estimate of drug-likeness (QED) is 0.666. The average molecular weight is 244 g/mol. The van der Waals surface area contributed by atoms with Crippen molar-refractivity contribution in [1.82, 2.24) is 0 Å². The Bertz CT molecular complexity index is 191. The summed E-state index contributed by atoms with van der Waals surface area (Å²) < 4.78 is 11.9. The van der Waals surface area contributed by atoms with Crippen molar-refractivity contribution in [2.45, 2.75) is 59.4 Å². The van der Waals surface area contributed by atoms with E-state index in [1.54, 1.807) is 0 Å². The normalized spacial score (nSPS) is 19.9. The molecular formula is C13H28O2Si. The second-order valence-corrected chi connectivity index (χ2v) is 7.98. The molecule has 0 aromatic carbocycles. The molecule has 0 aromatic rings. The van der Waals surface area contributed by atoms with Crippen molar-refractivity contribution in [1.29, 1.82) is 0 Å². The minimum absolute atomic E-state index is 0.326. The molecule has 1 atom stereocenters. The van der Waals surface area contributed by atoms with E-state index in [4.69, 9.17) is 8.85 Å². The van der Waals surface area contributed by atoms with Crippen LogP contribution in [0.25, 0.3) is 0 Å². The maximum atomic E-state index is 5.94. The Morgan fingerprint density at radius 1 is 1.12 bits per heavy atom. The fourth-order valence-corrected chi connectivity index (χ4v) is 5.53. The molecule has 1 unspecified atom stereocenters. The molecule has 1 fully saturated rings. The fraction of sp³-hybridized carbons (Fsp3) is 1.00. The van der Waals surface area contributed by atoms with Crippen LogP contribution in [0.5, 0.6) is 0 Å². The summed E-state index contributed by atoms with van der Waals surface area (Å²) in [6.07, 6.45) is 4.16. The van der Waals surface area contributed by atoms with Crippen LogP contribution < -0.4 is 0 Å². The van der Waals surface area contributed by atoms with E-state index in [0.29, 0.717) is 11.0 Å². The van der Waals surface area contributed by atoms with Crippen LogP contribution in [0.15, 0.2) is 0 Å². The van der Waals surface area contributed by atoms with E-state index in [0.717, 1.165) is 19.1 Å². The number of hydrogen-bond donors (Lipinski definition) is 0. The lowest BCUT2D eigenvalue weighted by Crippen LogP contribution is -2.42. The minimum Gasteiger partial charge on any atom is -0.397 e. The van der Waals surface area contributed by atoms with Crippen LogP contribution in [-0.4, -0.2) is 22.5 Å². The lowest BCUT2D eigenvalue weighted by Gasteiger charge is -2.44. The Balaban J connectivity index is 2.70. The molecule has 2 nitrogen and oxygen atoms in total. The van der Waals surface area contributed by atoms with Gasteiger partial charge in [0.1, 0.15) is 0 Å². The van der Waals surface area contributed by atoms with E-state index in [-0.39, 0.29) is 0 Å². The first kappa shape index (κ1) is 14.2. The zero-order valence-electron chi connectivity index (χ0n) is 11.6. The van der Waals surface area contributed by atoms with E-state index in [9.17, 15) is 0 Å². The average Bonchev–Trinajstić information content (AvgIpc) is 2.09. The molecule has 1 aliphatic rings. The molecule has 0 bridgehead atoms. The maximum Gasteiger partial charge on any atom is 0.325 e. The SMILES string of the molecule is CCO[SiH](OCC)C(C1CCC1)C(C)(C)C. The van der Waals surface area contributed by atoms with Gasteiger partial charge < -0.3 is 8.85 Å². The third-order valence-electron chi connectivity index (χ3n) is 3.61. The number of rotatable bonds is 6. The molecule has 3 heteroatoms. The molecule has 0 saturated heterocycles. The highest BCUT2D eigenvalue weighted by atomic mass is 28.3. The predicted molar refractivity (Wildman–Crippen MR) is 70.9 cm³/mol. The van der Waals surface area contributed by atoms with E-state index in [2.05, 4.69) is 34.6 Å². The molecule has 1 aliphatic carbocycles. The second-order valence-electron chi connectivity index (χ2n) is 5.86. The molecular weight excluding hydrogens is 216 g/mol. The predicted octanol–water partition coefficient (Wildman–Crippen LogP) is 3.50. The highest BCUT2D eigenvalue weighted by Crippen LogP contribution is 2.48. The first-order chi connectivity index (χ1) is 7.50. The summed E-state index contributed by atoms with van der Waals surface area (Å²) in [7, 11) is -1.50. The Morgan fingerprint density at radius 3 is 1.88 bits per heavy atom. The smallest absolute Gasteiger partial charge is 0.325 e. The van der Waals surface area contributed by atoms with Gasteiger partial charge >= 0.3 is 9.28 Å². The summed E-state index contributed by atoms with van der Waals surface area (Å²) in [6.45, 7) is 12.8. The largest absolute Gasteiger partial charge is 0.397 e. The lowest BCUT2D eigenvalue weighted by atomic mass is 9.74. The van der Waals surface area contributed by atoms with Crippen LogP contribution in [0.3, 0.4) is 0 Å². The lowest BCUT2D eigenvalue weighted by molar-refractivity contribution is 0.130. The van der Waals surface area contributed by atoms with Crippen molar-refractivity contribution in [2.24, 2.45) is 11.3 Å². The van der Waals surface area contributed by atoms with E-state index in [1.165, 1.54) is 19.3 Å². The van der Waals surface area contributed by atoms with Gasteiger partial charge in [-0.05, 0) is 25.2 Å². The van der Waals surface area contributed by atoms with Crippen LogP contribution in [0.4, 0.5) is 0 Å². The maximum absolute atomic E-state index is 5.94. The molecule has 0 heterocycles. The Morgan fingerprint density at radius 2 is 1.62 bits per heavy atom. The molecule has 1 saturated carbocycles. The van der Waals surface area contributed by atoms with E-state index < -0.39 is 9.28 Å². The van der Waals surface area contributed by atoms with Gasteiger partial charge in [-0.1, -0.05) is 40.0 Å².